The van der Waals surface area contributed by atoms with E-state index in [0.29, 0.717) is 50.5 Å². The fraction of sp³-hybridized carbons (Fsp3) is 0.406. The van der Waals surface area contributed by atoms with Crippen LogP contribution in [0.5, 0.6) is 11.5 Å². The summed E-state index contributed by atoms with van der Waals surface area (Å²) >= 11 is 0. The molecule has 3 aromatic carbocycles. The Hall–Kier alpha value is -3.55. The number of piperidine rings is 1. The van der Waals surface area contributed by atoms with Gasteiger partial charge in [0.05, 0.1) is 22.0 Å². The van der Waals surface area contributed by atoms with E-state index < -0.39 is 31.8 Å². The van der Waals surface area contributed by atoms with Gasteiger partial charge in [-0.2, -0.15) is 9.57 Å². The summed E-state index contributed by atoms with van der Waals surface area (Å²) in [4.78, 5) is 0.302. The molecule has 2 aliphatic heterocycles. The van der Waals surface area contributed by atoms with Crippen molar-refractivity contribution in [3.63, 3.8) is 0 Å². The molecule has 2 atom stereocenters. The van der Waals surface area contributed by atoms with Crippen LogP contribution in [0.2, 0.25) is 0 Å². The first kappa shape index (κ1) is 33.8. The van der Waals surface area contributed by atoms with Crippen molar-refractivity contribution in [3.8, 4) is 28.7 Å². The van der Waals surface area contributed by atoms with Crippen LogP contribution in [0.4, 0.5) is 0 Å². The minimum absolute atomic E-state index is 0.00437. The SMILES string of the molecule is CNS(=O)(=O)c1cccc(OCC(O)CN[C@@H]2COC3(CCN(S(=O)(=O)c4cccc(-c5ccc(OCC#N)cc5)c4)CC3)C2)c1. The van der Waals surface area contributed by atoms with Crippen LogP contribution in [0.3, 0.4) is 0 Å². The first-order valence-corrected chi connectivity index (χ1v) is 17.9. The first-order valence-electron chi connectivity index (χ1n) is 15.0. The van der Waals surface area contributed by atoms with Crippen LogP contribution >= 0.6 is 0 Å². The normalized spacial score (nSPS) is 19.0. The minimum atomic E-state index is -3.72. The van der Waals surface area contributed by atoms with Crippen LogP contribution in [-0.4, -0.2) is 90.5 Å². The van der Waals surface area contributed by atoms with E-state index in [4.69, 9.17) is 19.5 Å². The second kappa shape index (κ2) is 14.5. The zero-order valence-corrected chi connectivity index (χ0v) is 27.1. The number of aliphatic hydroxyl groups excluding tert-OH is 1. The van der Waals surface area contributed by atoms with Crippen molar-refractivity contribution in [1.29, 1.82) is 5.26 Å². The highest BCUT2D eigenvalue weighted by Gasteiger charge is 2.44. The minimum Gasteiger partial charge on any atom is -0.491 e. The Balaban J connectivity index is 1.10. The van der Waals surface area contributed by atoms with Gasteiger partial charge in [0.15, 0.2) is 6.61 Å². The van der Waals surface area contributed by atoms with Crippen LogP contribution in [-0.2, 0) is 24.8 Å². The Morgan fingerprint density at radius 1 is 0.978 bits per heavy atom. The highest BCUT2D eigenvalue weighted by molar-refractivity contribution is 7.89. The van der Waals surface area contributed by atoms with Crippen LogP contribution in [0.15, 0.2) is 82.6 Å². The lowest BCUT2D eigenvalue weighted by molar-refractivity contribution is -0.0312. The van der Waals surface area contributed by atoms with Gasteiger partial charge in [0.1, 0.15) is 30.3 Å². The lowest BCUT2D eigenvalue weighted by atomic mass is 9.88. The molecule has 0 saturated carbocycles. The number of sulfonamides is 2. The van der Waals surface area contributed by atoms with Crippen molar-refractivity contribution in [1.82, 2.24) is 14.3 Å². The molecule has 12 nitrogen and oxygen atoms in total. The summed E-state index contributed by atoms with van der Waals surface area (Å²) in [5.74, 6) is 0.903. The quantitative estimate of drug-likeness (QED) is 0.246. The molecule has 0 amide bonds. The largest absolute Gasteiger partial charge is 0.491 e. The first-order chi connectivity index (χ1) is 22.0. The second-order valence-electron chi connectivity index (χ2n) is 11.4. The van der Waals surface area contributed by atoms with Gasteiger partial charge >= 0.3 is 0 Å². The van der Waals surface area contributed by atoms with Crippen LogP contribution in [0.1, 0.15) is 19.3 Å². The fourth-order valence-electron chi connectivity index (χ4n) is 5.71. The molecule has 0 aliphatic carbocycles. The van der Waals surface area contributed by atoms with E-state index in [-0.39, 0.29) is 35.6 Å². The Labute approximate surface area is 270 Å². The average Bonchev–Trinajstić information content (AvgIpc) is 3.47. The van der Waals surface area contributed by atoms with Crippen LogP contribution in [0, 0.1) is 11.3 Å². The number of benzene rings is 3. The summed E-state index contributed by atoms with van der Waals surface area (Å²) in [5, 5.41) is 22.5. The summed E-state index contributed by atoms with van der Waals surface area (Å²) in [6.45, 7) is 1.31. The molecule has 2 fully saturated rings. The maximum Gasteiger partial charge on any atom is 0.243 e. The molecule has 2 heterocycles. The van der Waals surface area contributed by atoms with Gasteiger partial charge in [-0.1, -0.05) is 30.3 Å². The third kappa shape index (κ3) is 8.05. The molecule has 0 radical (unpaired) electrons. The van der Waals surface area contributed by atoms with E-state index in [0.717, 1.165) is 11.1 Å². The van der Waals surface area contributed by atoms with Crippen LogP contribution < -0.4 is 19.5 Å². The van der Waals surface area contributed by atoms with Gasteiger partial charge in [-0.3, -0.25) is 0 Å². The topological polar surface area (TPSA) is 167 Å². The van der Waals surface area contributed by atoms with Gasteiger partial charge in [0, 0.05) is 31.7 Å². The Kier molecular flexibility index (Phi) is 10.6. The summed E-state index contributed by atoms with van der Waals surface area (Å²) < 4.78 is 72.1. The molecule has 2 saturated heterocycles. The number of aliphatic hydroxyl groups is 1. The number of ether oxygens (including phenoxy) is 3. The van der Waals surface area contributed by atoms with E-state index >= 15 is 0 Å². The molecule has 3 N–H and O–H groups in total. The van der Waals surface area contributed by atoms with Crippen LogP contribution in [0.25, 0.3) is 11.1 Å². The number of nitriles is 1. The van der Waals surface area contributed by atoms with E-state index in [1.54, 1.807) is 42.5 Å². The van der Waals surface area contributed by atoms with Gasteiger partial charge in [0.2, 0.25) is 20.0 Å². The molecule has 3 aromatic rings. The number of rotatable bonds is 13. The molecule has 1 unspecified atom stereocenters. The zero-order chi connectivity index (χ0) is 32.8. The number of nitrogens with zero attached hydrogens (tertiary/aromatic N) is 2. The molecule has 46 heavy (non-hydrogen) atoms. The second-order valence-corrected chi connectivity index (χ2v) is 15.2. The van der Waals surface area contributed by atoms with Crippen molar-refractivity contribution in [2.24, 2.45) is 0 Å². The molecule has 0 aromatic heterocycles. The third-order valence-electron chi connectivity index (χ3n) is 8.27. The monoisotopic (exact) mass is 670 g/mol. The lowest BCUT2D eigenvalue weighted by Gasteiger charge is -2.38. The standard InChI is InChI=1S/C32H38N4O8S2/c1-34-45(38,39)30-6-3-5-29(19-30)43-23-27(37)21-35-26-20-32(44-22-26)12-15-36(16-13-32)46(40,41)31-7-2-4-25(18-31)24-8-10-28(11-9-24)42-17-14-33/h2-11,18-19,26-27,34-35,37H,12-13,15-17,20-23H2,1H3/t26-,27?/m0/s1. The molecule has 14 heteroatoms. The molecule has 2 aliphatic rings. The zero-order valence-electron chi connectivity index (χ0n) is 25.5. The van der Waals surface area contributed by atoms with Gasteiger partial charge in [-0.25, -0.2) is 21.6 Å². The van der Waals surface area contributed by atoms with E-state index in [2.05, 4.69) is 10.0 Å². The fourth-order valence-corrected chi connectivity index (χ4v) is 7.96. The molecule has 0 bridgehead atoms. The van der Waals surface area contributed by atoms with Gasteiger partial charge < -0.3 is 24.6 Å². The van der Waals surface area contributed by atoms with Crippen molar-refractivity contribution in [2.45, 2.75) is 46.8 Å². The Bertz CT molecular complexity index is 1750. The summed E-state index contributed by atoms with van der Waals surface area (Å²) in [5.41, 5.74) is 1.17. The third-order valence-corrected chi connectivity index (χ3v) is 11.6. The Morgan fingerprint density at radius 3 is 2.41 bits per heavy atom. The molecular weight excluding hydrogens is 633 g/mol. The smallest absolute Gasteiger partial charge is 0.243 e. The van der Waals surface area contributed by atoms with Crippen molar-refractivity contribution < 1.29 is 36.2 Å². The number of hydrogen-bond acceptors (Lipinski definition) is 10. The number of nitrogens with one attached hydrogen (secondary N) is 2. The summed E-state index contributed by atoms with van der Waals surface area (Å²) in [6.07, 6.45) is 0.984. The van der Waals surface area contributed by atoms with E-state index in [9.17, 15) is 21.9 Å². The molecule has 246 valence electrons. The van der Waals surface area contributed by atoms with Crippen molar-refractivity contribution in [3.05, 3.63) is 72.8 Å². The van der Waals surface area contributed by atoms with Crippen molar-refractivity contribution >= 4 is 20.0 Å². The van der Waals surface area contributed by atoms with Gasteiger partial charge in [-0.05, 0) is 73.8 Å². The van der Waals surface area contributed by atoms with Gasteiger partial charge in [-0.15, -0.1) is 0 Å². The maximum atomic E-state index is 13.6. The highest BCUT2D eigenvalue weighted by Crippen LogP contribution is 2.38. The molecule has 1 spiro atoms. The summed E-state index contributed by atoms with van der Waals surface area (Å²) in [7, 11) is -5.99. The predicted octanol–water partition coefficient (Wildman–Crippen LogP) is 2.51. The maximum absolute atomic E-state index is 13.6. The number of hydrogen-bond donors (Lipinski definition) is 3. The average molecular weight is 671 g/mol. The van der Waals surface area contributed by atoms with E-state index in [1.807, 2.05) is 24.3 Å². The van der Waals surface area contributed by atoms with E-state index in [1.165, 1.54) is 23.5 Å². The van der Waals surface area contributed by atoms with Gasteiger partial charge in [0.25, 0.3) is 0 Å². The Morgan fingerprint density at radius 2 is 1.70 bits per heavy atom. The molecule has 5 rings (SSSR count). The predicted molar refractivity (Wildman–Crippen MR) is 170 cm³/mol. The molecular formula is C32H38N4O8S2. The highest BCUT2D eigenvalue weighted by atomic mass is 32.2. The van der Waals surface area contributed by atoms with Crippen molar-refractivity contribution in [2.75, 3.05) is 46.5 Å². The lowest BCUT2D eigenvalue weighted by Crippen LogP contribution is -2.47. The summed E-state index contributed by atoms with van der Waals surface area (Å²) in [6, 6.07) is 22.0.